The van der Waals surface area contributed by atoms with Crippen molar-refractivity contribution in [3.63, 3.8) is 0 Å². The summed E-state index contributed by atoms with van der Waals surface area (Å²) < 4.78 is 0. The lowest BCUT2D eigenvalue weighted by Gasteiger charge is -2.28. The normalized spacial score (nSPS) is 31.7. The van der Waals surface area contributed by atoms with Gasteiger partial charge in [0.15, 0.2) is 0 Å². The first-order chi connectivity index (χ1) is 7.88. The third-order valence-corrected chi connectivity index (χ3v) is 4.21. The van der Waals surface area contributed by atoms with E-state index >= 15 is 0 Å². The largest absolute Gasteiger partial charge is 0.374 e. The van der Waals surface area contributed by atoms with Crippen molar-refractivity contribution in [1.29, 1.82) is 0 Å². The fourth-order valence-electron chi connectivity index (χ4n) is 2.31. The summed E-state index contributed by atoms with van der Waals surface area (Å²) in [6.45, 7) is 14.6. The Labute approximate surface area is 107 Å². The summed E-state index contributed by atoms with van der Waals surface area (Å²) >= 11 is 0. The quantitative estimate of drug-likeness (QED) is 0.677. The predicted octanol–water partition coefficient (Wildman–Crippen LogP) is 4.53. The van der Waals surface area contributed by atoms with Crippen molar-refractivity contribution in [1.82, 2.24) is 4.90 Å². The molecule has 0 aromatic rings. The molecule has 0 aromatic carbocycles. The van der Waals surface area contributed by atoms with E-state index in [4.69, 9.17) is 0 Å². The maximum absolute atomic E-state index is 2.39. The van der Waals surface area contributed by atoms with Gasteiger partial charge in [-0.3, -0.25) is 0 Å². The maximum atomic E-state index is 2.39. The number of hydrogen-bond acceptors (Lipinski definition) is 1. The minimum atomic E-state index is 0.638. The molecule has 0 fully saturated rings. The summed E-state index contributed by atoms with van der Waals surface area (Å²) in [4.78, 5) is 2.38. The summed E-state index contributed by atoms with van der Waals surface area (Å²) in [5, 5.41) is 0. The van der Waals surface area contributed by atoms with Gasteiger partial charge < -0.3 is 4.90 Å². The van der Waals surface area contributed by atoms with Gasteiger partial charge in [0, 0.05) is 19.3 Å². The molecule has 0 N–H and O–H groups in total. The van der Waals surface area contributed by atoms with E-state index in [2.05, 4.69) is 59.6 Å². The Morgan fingerprint density at radius 3 is 2.35 bits per heavy atom. The van der Waals surface area contributed by atoms with Crippen molar-refractivity contribution >= 4 is 0 Å². The highest BCUT2D eigenvalue weighted by Crippen LogP contribution is 2.28. The lowest BCUT2D eigenvalue weighted by atomic mass is 9.90. The molecule has 1 aliphatic heterocycles. The number of likely N-dealkylation sites (N-methyl/N-ethyl adjacent to an activating group) is 1. The Balaban J connectivity index is 3.30. The van der Waals surface area contributed by atoms with Crippen molar-refractivity contribution in [3.05, 3.63) is 34.1 Å². The zero-order valence-electron chi connectivity index (χ0n) is 12.5. The van der Waals surface area contributed by atoms with Crippen LogP contribution in [0.25, 0.3) is 0 Å². The van der Waals surface area contributed by atoms with Gasteiger partial charge in [0.2, 0.25) is 0 Å². The predicted molar refractivity (Wildman–Crippen MR) is 76.9 cm³/mol. The van der Waals surface area contributed by atoms with Crippen molar-refractivity contribution in [2.24, 2.45) is 5.92 Å². The van der Waals surface area contributed by atoms with Crippen LogP contribution in [0.15, 0.2) is 34.1 Å². The van der Waals surface area contributed by atoms with Gasteiger partial charge in [-0.15, -0.1) is 0 Å². The van der Waals surface area contributed by atoms with Crippen LogP contribution in [0.5, 0.6) is 0 Å². The van der Waals surface area contributed by atoms with Crippen LogP contribution in [0.3, 0.4) is 0 Å². The minimum absolute atomic E-state index is 0.638. The van der Waals surface area contributed by atoms with Crippen LogP contribution < -0.4 is 0 Å². The summed E-state index contributed by atoms with van der Waals surface area (Å²) in [6.07, 6.45) is 3.59. The maximum Gasteiger partial charge on any atom is 0.0385 e. The van der Waals surface area contributed by atoms with E-state index in [1.54, 1.807) is 0 Å². The Hall–Kier alpha value is -0.980. The molecule has 0 saturated carbocycles. The Morgan fingerprint density at radius 1 is 1.24 bits per heavy atom. The van der Waals surface area contributed by atoms with Crippen LogP contribution in [0, 0.1) is 5.92 Å². The highest BCUT2D eigenvalue weighted by Gasteiger charge is 2.15. The molecule has 0 unspecified atom stereocenters. The second kappa shape index (κ2) is 5.57. The SMILES string of the molecule is CC[C@@H](C)C1=C(\C)N(C)C/C(C)=C(C)/C(C)=C\1. The monoisotopic (exact) mass is 233 g/mol. The second-order valence-corrected chi connectivity index (χ2v) is 5.44. The average molecular weight is 233 g/mol. The number of allylic oxidation sites excluding steroid dienone is 5. The zero-order chi connectivity index (χ0) is 13.2. The van der Waals surface area contributed by atoms with Crippen molar-refractivity contribution in [2.45, 2.75) is 48.0 Å². The topological polar surface area (TPSA) is 3.24 Å². The van der Waals surface area contributed by atoms with Crippen molar-refractivity contribution < 1.29 is 0 Å². The van der Waals surface area contributed by atoms with E-state index in [-0.39, 0.29) is 0 Å². The van der Waals surface area contributed by atoms with Crippen molar-refractivity contribution in [2.75, 3.05) is 13.6 Å². The molecule has 1 atom stereocenters. The number of rotatable bonds is 2. The average Bonchev–Trinajstić information content (AvgIpc) is 2.31. The van der Waals surface area contributed by atoms with E-state index in [1.165, 1.54) is 34.4 Å². The van der Waals surface area contributed by atoms with E-state index in [0.717, 1.165) is 6.54 Å². The highest BCUT2D eigenvalue weighted by atomic mass is 15.1. The fourth-order valence-corrected chi connectivity index (χ4v) is 2.31. The van der Waals surface area contributed by atoms with Gasteiger partial charge in [-0.2, -0.15) is 0 Å². The first kappa shape index (κ1) is 14.1. The van der Waals surface area contributed by atoms with Crippen LogP contribution in [0.1, 0.15) is 48.0 Å². The lowest BCUT2D eigenvalue weighted by Crippen LogP contribution is -2.22. The second-order valence-electron chi connectivity index (χ2n) is 5.44. The summed E-state index contributed by atoms with van der Waals surface area (Å²) in [5.74, 6) is 0.638. The van der Waals surface area contributed by atoms with Gasteiger partial charge in [-0.25, -0.2) is 0 Å². The Bertz CT molecular complexity index is 382. The first-order valence-electron chi connectivity index (χ1n) is 6.65. The van der Waals surface area contributed by atoms with Gasteiger partial charge in [0.25, 0.3) is 0 Å². The van der Waals surface area contributed by atoms with Gasteiger partial charge in [-0.1, -0.05) is 25.5 Å². The molecule has 0 saturated heterocycles. The molecule has 1 heterocycles. The third-order valence-electron chi connectivity index (χ3n) is 4.21. The third kappa shape index (κ3) is 3.02. The van der Waals surface area contributed by atoms with E-state index < -0.39 is 0 Å². The number of hydrogen-bond donors (Lipinski definition) is 0. The number of nitrogens with zero attached hydrogens (tertiary/aromatic N) is 1. The highest BCUT2D eigenvalue weighted by molar-refractivity contribution is 5.41. The molecule has 0 spiro atoms. The minimum Gasteiger partial charge on any atom is -0.374 e. The summed E-state index contributed by atoms with van der Waals surface area (Å²) in [5.41, 5.74) is 7.27. The van der Waals surface area contributed by atoms with E-state index in [0.29, 0.717) is 5.92 Å². The summed E-state index contributed by atoms with van der Waals surface area (Å²) in [6, 6.07) is 0. The molecule has 17 heavy (non-hydrogen) atoms. The molecule has 1 heteroatoms. The molecule has 0 amide bonds. The molecule has 0 radical (unpaired) electrons. The lowest BCUT2D eigenvalue weighted by molar-refractivity contribution is 0.438. The molecule has 0 aliphatic carbocycles. The Kier molecular flexibility index (Phi) is 4.62. The molecular weight excluding hydrogens is 206 g/mol. The fraction of sp³-hybridized carbons (Fsp3) is 0.625. The van der Waals surface area contributed by atoms with Crippen molar-refractivity contribution in [3.8, 4) is 0 Å². The van der Waals surface area contributed by atoms with Crippen LogP contribution in [-0.4, -0.2) is 18.5 Å². The molecular formula is C16H27N. The summed E-state index contributed by atoms with van der Waals surface area (Å²) in [7, 11) is 2.20. The van der Waals surface area contributed by atoms with Crippen LogP contribution in [0.4, 0.5) is 0 Å². The first-order valence-corrected chi connectivity index (χ1v) is 6.65. The molecule has 1 rings (SSSR count). The van der Waals surface area contributed by atoms with Gasteiger partial charge in [0.1, 0.15) is 0 Å². The van der Waals surface area contributed by atoms with E-state index in [9.17, 15) is 0 Å². The molecule has 1 aliphatic rings. The molecule has 0 aromatic heterocycles. The smallest absolute Gasteiger partial charge is 0.0385 e. The Morgan fingerprint density at radius 2 is 1.82 bits per heavy atom. The standard InChI is InChI=1S/C16H27N/c1-8-11(2)16-9-12(3)14(5)13(4)10-17(7)15(16)6/h9,11H,8,10H2,1-7H3/b12-9-,14-13+,16-15+/t11-/m1/s1. The molecule has 96 valence electrons. The van der Waals surface area contributed by atoms with Crippen LogP contribution in [0.2, 0.25) is 0 Å². The van der Waals surface area contributed by atoms with Gasteiger partial charge in [0.05, 0.1) is 0 Å². The van der Waals surface area contributed by atoms with Crippen LogP contribution in [-0.2, 0) is 0 Å². The van der Waals surface area contributed by atoms with E-state index in [1.807, 2.05) is 0 Å². The molecule has 0 bridgehead atoms. The van der Waals surface area contributed by atoms with Crippen LogP contribution >= 0.6 is 0 Å². The molecule has 1 nitrogen and oxygen atoms in total. The van der Waals surface area contributed by atoms with Gasteiger partial charge in [-0.05, 0) is 56.8 Å². The van der Waals surface area contributed by atoms with Gasteiger partial charge >= 0.3 is 0 Å². The zero-order valence-corrected chi connectivity index (χ0v) is 12.5.